The zero-order valence-corrected chi connectivity index (χ0v) is 9.19. The number of nitrogens with one attached hydrogen (secondary N) is 1. The van der Waals surface area contributed by atoms with E-state index in [9.17, 15) is 0 Å². The monoisotopic (exact) mass is 212 g/mol. The minimum Gasteiger partial charge on any atom is -0.271 e. The summed E-state index contributed by atoms with van der Waals surface area (Å²) in [4.78, 5) is 0. The average molecular weight is 212 g/mol. The lowest BCUT2D eigenvalue weighted by Gasteiger charge is -2.14. The molecule has 2 aromatic carbocycles. The summed E-state index contributed by atoms with van der Waals surface area (Å²) in [6.45, 7) is 3.74. The SMILES string of the molecule is C=CCC(NN)c1ccc2ccccc2c1. The van der Waals surface area contributed by atoms with Gasteiger partial charge in [-0.15, -0.1) is 6.58 Å². The third-order valence-electron chi connectivity index (χ3n) is 2.78. The number of benzene rings is 2. The van der Waals surface area contributed by atoms with Crippen LogP contribution in [0.5, 0.6) is 0 Å². The number of hydrazine groups is 1. The lowest BCUT2D eigenvalue weighted by atomic mass is 10.0. The van der Waals surface area contributed by atoms with Crippen LogP contribution in [-0.2, 0) is 0 Å². The molecule has 0 aliphatic carbocycles. The smallest absolute Gasteiger partial charge is 0.0494 e. The maximum Gasteiger partial charge on any atom is 0.0494 e. The molecule has 0 aliphatic rings. The largest absolute Gasteiger partial charge is 0.271 e. The van der Waals surface area contributed by atoms with Gasteiger partial charge in [-0.05, 0) is 28.8 Å². The molecule has 0 spiro atoms. The number of hydrogen-bond donors (Lipinski definition) is 2. The molecule has 1 unspecified atom stereocenters. The molecule has 0 heterocycles. The normalized spacial score (nSPS) is 12.6. The highest BCUT2D eigenvalue weighted by Crippen LogP contribution is 2.22. The predicted molar refractivity (Wildman–Crippen MR) is 68.8 cm³/mol. The van der Waals surface area contributed by atoms with Crippen molar-refractivity contribution in [2.45, 2.75) is 12.5 Å². The highest BCUT2D eigenvalue weighted by molar-refractivity contribution is 5.83. The molecule has 0 saturated heterocycles. The highest BCUT2D eigenvalue weighted by Gasteiger charge is 2.07. The van der Waals surface area contributed by atoms with Crippen LogP contribution < -0.4 is 11.3 Å². The molecule has 0 radical (unpaired) electrons. The zero-order valence-electron chi connectivity index (χ0n) is 9.19. The molecular weight excluding hydrogens is 196 g/mol. The van der Waals surface area contributed by atoms with E-state index in [2.05, 4.69) is 42.3 Å². The fourth-order valence-electron chi connectivity index (χ4n) is 1.89. The van der Waals surface area contributed by atoms with Crippen LogP contribution in [0.3, 0.4) is 0 Å². The quantitative estimate of drug-likeness (QED) is 0.464. The summed E-state index contributed by atoms with van der Waals surface area (Å²) >= 11 is 0. The van der Waals surface area contributed by atoms with Crippen LogP contribution in [0.25, 0.3) is 10.8 Å². The van der Waals surface area contributed by atoms with Crippen molar-refractivity contribution >= 4 is 10.8 Å². The fraction of sp³-hybridized carbons (Fsp3) is 0.143. The topological polar surface area (TPSA) is 38.0 Å². The molecule has 1 atom stereocenters. The maximum absolute atomic E-state index is 5.54. The molecule has 2 heteroatoms. The number of rotatable bonds is 4. The first-order valence-electron chi connectivity index (χ1n) is 5.41. The van der Waals surface area contributed by atoms with E-state index < -0.39 is 0 Å². The van der Waals surface area contributed by atoms with Crippen LogP contribution in [0.2, 0.25) is 0 Å². The minimum absolute atomic E-state index is 0.141. The average Bonchev–Trinajstić information content (AvgIpc) is 2.35. The van der Waals surface area contributed by atoms with Crippen LogP contribution >= 0.6 is 0 Å². The number of hydrogen-bond acceptors (Lipinski definition) is 2. The Morgan fingerprint density at radius 3 is 2.62 bits per heavy atom. The standard InChI is InChI=1S/C14H16N2/c1-2-5-14(16-15)13-9-8-11-6-3-4-7-12(11)10-13/h2-4,6-10,14,16H,1,5,15H2. The third-order valence-corrected chi connectivity index (χ3v) is 2.78. The van der Waals surface area contributed by atoms with E-state index in [1.54, 1.807) is 0 Å². The lowest BCUT2D eigenvalue weighted by Crippen LogP contribution is -2.27. The third kappa shape index (κ3) is 2.13. The minimum atomic E-state index is 0.141. The van der Waals surface area contributed by atoms with Crippen LogP contribution in [0.1, 0.15) is 18.0 Å². The van der Waals surface area contributed by atoms with Gasteiger partial charge in [0, 0.05) is 6.04 Å². The molecule has 0 aliphatic heterocycles. The second-order valence-corrected chi connectivity index (χ2v) is 3.85. The van der Waals surface area contributed by atoms with E-state index >= 15 is 0 Å². The molecular formula is C14H16N2. The van der Waals surface area contributed by atoms with Gasteiger partial charge in [-0.2, -0.15) is 0 Å². The first-order chi connectivity index (χ1) is 7.85. The molecule has 0 bridgehead atoms. The van der Waals surface area contributed by atoms with Crippen molar-refractivity contribution in [3.63, 3.8) is 0 Å². The van der Waals surface area contributed by atoms with Gasteiger partial charge < -0.3 is 0 Å². The van der Waals surface area contributed by atoms with Crippen LogP contribution in [0.15, 0.2) is 55.1 Å². The molecule has 0 amide bonds. The van der Waals surface area contributed by atoms with Crippen molar-refractivity contribution in [3.05, 3.63) is 60.7 Å². The Morgan fingerprint density at radius 1 is 1.19 bits per heavy atom. The van der Waals surface area contributed by atoms with Crippen molar-refractivity contribution in [1.82, 2.24) is 5.43 Å². The molecule has 2 aromatic rings. The highest BCUT2D eigenvalue weighted by atomic mass is 15.2. The molecule has 0 saturated carbocycles. The van der Waals surface area contributed by atoms with Gasteiger partial charge in [-0.1, -0.05) is 42.5 Å². The zero-order chi connectivity index (χ0) is 11.4. The molecule has 16 heavy (non-hydrogen) atoms. The molecule has 0 aromatic heterocycles. The Hall–Kier alpha value is -1.64. The predicted octanol–water partition coefficient (Wildman–Crippen LogP) is 2.92. The van der Waals surface area contributed by atoms with Crippen molar-refractivity contribution in [2.75, 3.05) is 0 Å². The summed E-state index contributed by atoms with van der Waals surface area (Å²) in [5.74, 6) is 5.54. The fourth-order valence-corrected chi connectivity index (χ4v) is 1.89. The van der Waals surface area contributed by atoms with Crippen LogP contribution in [0, 0.1) is 0 Å². The van der Waals surface area contributed by atoms with E-state index in [4.69, 9.17) is 5.84 Å². The summed E-state index contributed by atoms with van der Waals surface area (Å²) < 4.78 is 0. The summed E-state index contributed by atoms with van der Waals surface area (Å²) in [5, 5.41) is 2.49. The first-order valence-corrected chi connectivity index (χ1v) is 5.41. The molecule has 2 nitrogen and oxygen atoms in total. The van der Waals surface area contributed by atoms with E-state index in [0.717, 1.165) is 6.42 Å². The van der Waals surface area contributed by atoms with E-state index in [0.29, 0.717) is 0 Å². The van der Waals surface area contributed by atoms with E-state index in [-0.39, 0.29) is 6.04 Å². The molecule has 2 rings (SSSR count). The lowest BCUT2D eigenvalue weighted by molar-refractivity contribution is 0.562. The van der Waals surface area contributed by atoms with Gasteiger partial charge in [-0.3, -0.25) is 11.3 Å². The Morgan fingerprint density at radius 2 is 1.94 bits per heavy atom. The summed E-state index contributed by atoms with van der Waals surface area (Å²) in [5.41, 5.74) is 4.01. The summed E-state index contributed by atoms with van der Waals surface area (Å²) in [6.07, 6.45) is 2.70. The Labute approximate surface area is 95.7 Å². The van der Waals surface area contributed by atoms with Gasteiger partial charge in [0.05, 0.1) is 0 Å². The van der Waals surface area contributed by atoms with Crippen molar-refractivity contribution in [2.24, 2.45) is 5.84 Å². The van der Waals surface area contributed by atoms with Gasteiger partial charge in [0.2, 0.25) is 0 Å². The van der Waals surface area contributed by atoms with E-state index in [1.807, 2.05) is 18.2 Å². The van der Waals surface area contributed by atoms with Crippen molar-refractivity contribution in [1.29, 1.82) is 0 Å². The second kappa shape index (κ2) is 4.92. The molecule has 0 fully saturated rings. The molecule has 82 valence electrons. The van der Waals surface area contributed by atoms with Crippen molar-refractivity contribution < 1.29 is 0 Å². The second-order valence-electron chi connectivity index (χ2n) is 3.85. The van der Waals surface area contributed by atoms with Gasteiger partial charge in [0.15, 0.2) is 0 Å². The van der Waals surface area contributed by atoms with Gasteiger partial charge >= 0.3 is 0 Å². The van der Waals surface area contributed by atoms with Gasteiger partial charge in [0.25, 0.3) is 0 Å². The van der Waals surface area contributed by atoms with E-state index in [1.165, 1.54) is 16.3 Å². The Bertz CT molecular complexity index is 491. The number of nitrogens with two attached hydrogens (primary N) is 1. The number of fused-ring (bicyclic) bond motifs is 1. The summed E-state index contributed by atoms with van der Waals surface area (Å²) in [6, 6.07) is 14.9. The maximum atomic E-state index is 5.54. The Kier molecular flexibility index (Phi) is 3.34. The first kappa shape index (κ1) is 10.9. The summed E-state index contributed by atoms with van der Waals surface area (Å²) in [7, 11) is 0. The van der Waals surface area contributed by atoms with Crippen LogP contribution in [-0.4, -0.2) is 0 Å². The van der Waals surface area contributed by atoms with Crippen molar-refractivity contribution in [3.8, 4) is 0 Å². The van der Waals surface area contributed by atoms with Crippen LogP contribution in [0.4, 0.5) is 0 Å². The Balaban J connectivity index is 2.41. The molecule has 3 N–H and O–H groups in total. The van der Waals surface area contributed by atoms with Gasteiger partial charge in [-0.25, -0.2) is 0 Å². The van der Waals surface area contributed by atoms with Gasteiger partial charge in [0.1, 0.15) is 0 Å².